The predicted molar refractivity (Wildman–Crippen MR) is 94.4 cm³/mol. The van der Waals surface area contributed by atoms with Crippen molar-refractivity contribution in [1.82, 2.24) is 20.1 Å². The summed E-state index contributed by atoms with van der Waals surface area (Å²) in [6.45, 7) is 5.21. The second-order valence-electron chi connectivity index (χ2n) is 6.53. The number of urea groups is 1. The number of aromatic nitrogens is 1. The molecule has 0 saturated carbocycles. The van der Waals surface area contributed by atoms with Gasteiger partial charge < -0.3 is 19.7 Å². The van der Waals surface area contributed by atoms with E-state index in [4.69, 9.17) is 9.47 Å². The van der Waals surface area contributed by atoms with Crippen LogP contribution >= 0.6 is 0 Å². The van der Waals surface area contributed by atoms with Crippen LogP contribution in [-0.2, 0) is 9.47 Å². The van der Waals surface area contributed by atoms with Gasteiger partial charge in [-0.25, -0.2) is 4.79 Å². The largest absolute Gasteiger partial charge is 0.381 e. The van der Waals surface area contributed by atoms with Crippen LogP contribution in [0.4, 0.5) is 4.79 Å². The highest BCUT2D eigenvalue weighted by Crippen LogP contribution is 2.19. The van der Waals surface area contributed by atoms with E-state index >= 15 is 0 Å². The topological polar surface area (TPSA) is 66.9 Å². The Labute approximate surface area is 149 Å². The molecule has 0 bridgehead atoms. The van der Waals surface area contributed by atoms with E-state index in [0.29, 0.717) is 6.54 Å². The first-order chi connectivity index (χ1) is 12.3. The van der Waals surface area contributed by atoms with Crippen molar-refractivity contribution in [3.8, 4) is 0 Å². The highest BCUT2D eigenvalue weighted by Gasteiger charge is 2.26. The Kier molecular flexibility index (Phi) is 6.61. The van der Waals surface area contributed by atoms with Crippen LogP contribution in [0.5, 0.6) is 0 Å². The Balaban J connectivity index is 1.57. The van der Waals surface area contributed by atoms with Gasteiger partial charge in [-0.05, 0) is 25.0 Å². The zero-order valence-corrected chi connectivity index (χ0v) is 14.9. The number of hydrogen-bond donors (Lipinski definition) is 1. The number of morpholine rings is 1. The third-order valence-electron chi connectivity index (χ3n) is 5.02. The Morgan fingerprint density at radius 2 is 2.08 bits per heavy atom. The van der Waals surface area contributed by atoms with E-state index in [-0.39, 0.29) is 18.2 Å². The number of pyridine rings is 1. The van der Waals surface area contributed by atoms with Gasteiger partial charge in [-0.15, -0.1) is 0 Å². The lowest BCUT2D eigenvalue weighted by atomic mass is 10.1. The summed E-state index contributed by atoms with van der Waals surface area (Å²) < 4.78 is 10.8. The van der Waals surface area contributed by atoms with Gasteiger partial charge in [0, 0.05) is 46.0 Å². The molecule has 0 spiro atoms. The fourth-order valence-corrected chi connectivity index (χ4v) is 3.47. The van der Waals surface area contributed by atoms with E-state index < -0.39 is 0 Å². The number of amides is 2. The van der Waals surface area contributed by atoms with Crippen LogP contribution in [0.25, 0.3) is 0 Å². The molecular formula is C18H28N4O3. The molecule has 7 nitrogen and oxygen atoms in total. The molecule has 2 aliphatic heterocycles. The van der Waals surface area contributed by atoms with Gasteiger partial charge >= 0.3 is 6.03 Å². The maximum Gasteiger partial charge on any atom is 0.317 e. The summed E-state index contributed by atoms with van der Waals surface area (Å²) in [4.78, 5) is 21.2. The van der Waals surface area contributed by atoms with Crippen LogP contribution in [0.2, 0.25) is 0 Å². The van der Waals surface area contributed by atoms with Crippen molar-refractivity contribution in [3.05, 3.63) is 30.1 Å². The predicted octanol–water partition coefficient (Wildman–Crippen LogP) is 1.28. The number of nitrogens with zero attached hydrogens (tertiary/aromatic N) is 3. The Bertz CT molecular complexity index is 528. The lowest BCUT2D eigenvalue weighted by Gasteiger charge is -2.35. The van der Waals surface area contributed by atoms with Crippen molar-refractivity contribution in [1.29, 1.82) is 0 Å². The van der Waals surface area contributed by atoms with E-state index in [0.717, 1.165) is 57.9 Å². The van der Waals surface area contributed by atoms with Crippen molar-refractivity contribution in [2.45, 2.75) is 25.0 Å². The summed E-state index contributed by atoms with van der Waals surface area (Å²) in [6, 6.07) is 6.01. The molecule has 2 saturated heterocycles. The zero-order valence-electron chi connectivity index (χ0n) is 14.9. The number of ether oxygens (including phenoxy) is 2. The quantitative estimate of drug-likeness (QED) is 0.868. The Morgan fingerprint density at radius 1 is 1.32 bits per heavy atom. The molecule has 1 atom stereocenters. The molecule has 1 aromatic heterocycles. The molecule has 138 valence electrons. The van der Waals surface area contributed by atoms with Crippen molar-refractivity contribution < 1.29 is 14.3 Å². The number of rotatable bonds is 5. The van der Waals surface area contributed by atoms with Crippen molar-refractivity contribution in [3.63, 3.8) is 0 Å². The number of nitrogens with one attached hydrogen (secondary N) is 1. The van der Waals surface area contributed by atoms with Crippen LogP contribution in [0.15, 0.2) is 24.4 Å². The van der Waals surface area contributed by atoms with Crippen molar-refractivity contribution >= 4 is 6.03 Å². The minimum absolute atomic E-state index is 0.00347. The standard InChI is InChI=1S/C18H28N4O3/c1-24-15-5-8-22(9-6-15)18(23)20-14-17(16-4-2-3-7-19-16)21-10-12-25-13-11-21/h2-4,7,15,17H,5-6,8-14H2,1H3,(H,20,23)/t17-/m0/s1. The minimum Gasteiger partial charge on any atom is -0.381 e. The summed E-state index contributed by atoms with van der Waals surface area (Å²) in [5, 5.41) is 3.10. The van der Waals surface area contributed by atoms with Crippen LogP contribution < -0.4 is 5.32 Å². The SMILES string of the molecule is COC1CCN(C(=O)NC[C@@H](c2ccccn2)N2CCOCC2)CC1. The van der Waals surface area contributed by atoms with Gasteiger partial charge in [-0.3, -0.25) is 9.88 Å². The van der Waals surface area contributed by atoms with Crippen molar-refractivity contribution in [2.75, 3.05) is 53.0 Å². The molecule has 0 aliphatic carbocycles. The molecule has 0 aromatic carbocycles. The molecular weight excluding hydrogens is 320 g/mol. The van der Waals surface area contributed by atoms with Crippen LogP contribution in [0, 0.1) is 0 Å². The van der Waals surface area contributed by atoms with Crippen LogP contribution in [0.1, 0.15) is 24.6 Å². The first-order valence-electron chi connectivity index (χ1n) is 9.06. The first kappa shape index (κ1) is 18.1. The third kappa shape index (κ3) is 4.90. The second kappa shape index (κ2) is 9.12. The number of carbonyl (C=O) groups excluding carboxylic acids is 1. The highest BCUT2D eigenvalue weighted by atomic mass is 16.5. The van der Waals surface area contributed by atoms with Crippen LogP contribution in [-0.4, -0.2) is 80.0 Å². The smallest absolute Gasteiger partial charge is 0.317 e. The average molecular weight is 348 g/mol. The molecule has 1 aromatic rings. The summed E-state index contributed by atoms with van der Waals surface area (Å²) in [5.74, 6) is 0. The third-order valence-corrected chi connectivity index (χ3v) is 5.02. The molecule has 7 heteroatoms. The van der Waals surface area contributed by atoms with E-state index in [2.05, 4.69) is 15.2 Å². The maximum absolute atomic E-state index is 12.5. The lowest BCUT2D eigenvalue weighted by Crippen LogP contribution is -2.49. The molecule has 0 unspecified atom stereocenters. The van der Waals surface area contributed by atoms with Gasteiger partial charge in [0.2, 0.25) is 0 Å². The number of methoxy groups -OCH3 is 1. The summed E-state index contributed by atoms with van der Waals surface area (Å²) >= 11 is 0. The number of hydrogen-bond acceptors (Lipinski definition) is 5. The highest BCUT2D eigenvalue weighted by molar-refractivity contribution is 5.74. The van der Waals surface area contributed by atoms with Crippen LogP contribution in [0.3, 0.4) is 0 Å². The molecule has 3 heterocycles. The molecule has 0 radical (unpaired) electrons. The molecule has 3 rings (SSSR count). The van der Waals surface area contributed by atoms with Crippen molar-refractivity contribution in [2.24, 2.45) is 0 Å². The van der Waals surface area contributed by atoms with Gasteiger partial charge in [0.25, 0.3) is 0 Å². The Morgan fingerprint density at radius 3 is 2.72 bits per heavy atom. The normalized spacial score (nSPS) is 21.1. The number of piperidine rings is 1. The van der Waals surface area contributed by atoms with E-state index in [9.17, 15) is 4.79 Å². The Hall–Kier alpha value is -1.70. The van der Waals surface area contributed by atoms with Gasteiger partial charge in [0.05, 0.1) is 31.1 Å². The summed E-state index contributed by atoms with van der Waals surface area (Å²) in [7, 11) is 1.74. The molecule has 2 amide bonds. The minimum atomic E-state index is 0.00347. The lowest BCUT2D eigenvalue weighted by molar-refractivity contribution is 0.0152. The number of carbonyl (C=O) groups is 1. The zero-order chi connectivity index (χ0) is 17.5. The number of likely N-dealkylation sites (tertiary alicyclic amines) is 1. The van der Waals surface area contributed by atoms with Gasteiger partial charge in [0.15, 0.2) is 0 Å². The molecule has 1 N–H and O–H groups in total. The van der Waals surface area contributed by atoms with E-state index in [1.165, 1.54) is 0 Å². The van der Waals surface area contributed by atoms with Gasteiger partial charge in [-0.2, -0.15) is 0 Å². The monoisotopic (exact) mass is 348 g/mol. The molecule has 2 aliphatic rings. The van der Waals surface area contributed by atoms with E-state index in [1.807, 2.05) is 23.1 Å². The second-order valence-corrected chi connectivity index (χ2v) is 6.53. The fourth-order valence-electron chi connectivity index (χ4n) is 3.47. The van der Waals surface area contributed by atoms with E-state index in [1.54, 1.807) is 13.3 Å². The molecule has 25 heavy (non-hydrogen) atoms. The van der Waals surface area contributed by atoms with Gasteiger partial charge in [-0.1, -0.05) is 6.07 Å². The van der Waals surface area contributed by atoms with Gasteiger partial charge in [0.1, 0.15) is 0 Å². The maximum atomic E-state index is 12.5. The molecule has 2 fully saturated rings. The average Bonchev–Trinajstić information content (AvgIpc) is 2.70. The fraction of sp³-hybridized carbons (Fsp3) is 0.667. The first-order valence-corrected chi connectivity index (χ1v) is 9.06. The summed E-state index contributed by atoms with van der Waals surface area (Å²) in [6.07, 6.45) is 3.88. The summed E-state index contributed by atoms with van der Waals surface area (Å²) in [5.41, 5.74) is 0.989.